The number of anilines is 1. The first kappa shape index (κ1) is 26.7. The van der Waals surface area contributed by atoms with Gasteiger partial charge in [-0.2, -0.15) is 5.26 Å². The molecule has 1 aliphatic carbocycles. The largest absolute Gasteiger partial charge is 0.312 e. The fourth-order valence-electron chi connectivity index (χ4n) is 5.46. The monoisotopic (exact) mass is 561 g/mol. The number of benzene rings is 2. The topological polar surface area (TPSA) is 65.8 Å². The number of thiophene rings is 1. The third-order valence-corrected chi connectivity index (χ3v) is 9.89. The van der Waals surface area contributed by atoms with Crippen LogP contribution in [-0.2, 0) is 12.8 Å². The van der Waals surface area contributed by atoms with E-state index in [-0.39, 0.29) is 11.3 Å². The molecule has 0 bridgehead atoms. The second-order valence-corrected chi connectivity index (χ2v) is 12.6. The zero-order valence-electron chi connectivity index (χ0n) is 21.9. The summed E-state index contributed by atoms with van der Waals surface area (Å²) < 4.78 is 0. The number of halogens is 2. The molecule has 0 spiro atoms. The van der Waals surface area contributed by atoms with E-state index in [1.54, 1.807) is 23.5 Å². The molecule has 2 heterocycles. The van der Waals surface area contributed by atoms with Crippen molar-refractivity contribution in [2.45, 2.75) is 53.4 Å². The van der Waals surface area contributed by atoms with Crippen LogP contribution in [-0.4, -0.2) is 10.9 Å². The molecular weight excluding hydrogens is 533 g/mol. The molecule has 38 heavy (non-hydrogen) atoms. The quantitative estimate of drug-likeness (QED) is 0.264. The molecular formula is C31H29Cl2N3OS. The summed E-state index contributed by atoms with van der Waals surface area (Å²) in [6, 6.07) is 15.2. The Balaban J connectivity index is 1.57. The number of pyridine rings is 1. The third kappa shape index (κ3) is 4.71. The molecule has 0 aliphatic heterocycles. The average Bonchev–Trinajstić information content (AvgIpc) is 3.24. The molecule has 194 valence electrons. The highest BCUT2D eigenvalue weighted by Crippen LogP contribution is 2.45. The molecule has 0 saturated carbocycles. The molecule has 5 rings (SSSR count). The summed E-state index contributed by atoms with van der Waals surface area (Å²) in [5.41, 5.74) is 5.22. The smallest absolute Gasteiger partial charge is 0.257 e. The van der Waals surface area contributed by atoms with Gasteiger partial charge in [-0.1, -0.05) is 68.6 Å². The minimum absolute atomic E-state index is 0.240. The lowest BCUT2D eigenvalue weighted by atomic mass is 9.69. The number of hydrogen-bond acceptors (Lipinski definition) is 4. The number of carbonyl (C=O) groups is 1. The van der Waals surface area contributed by atoms with E-state index in [4.69, 9.17) is 28.2 Å². The van der Waals surface area contributed by atoms with Crippen molar-refractivity contribution in [3.05, 3.63) is 79.6 Å². The number of para-hydroxylation sites is 1. The van der Waals surface area contributed by atoms with Crippen LogP contribution >= 0.6 is 34.5 Å². The predicted molar refractivity (Wildman–Crippen MR) is 159 cm³/mol. The van der Waals surface area contributed by atoms with Gasteiger partial charge in [-0.15, -0.1) is 11.3 Å². The molecule has 1 aliphatic rings. The second-order valence-electron chi connectivity index (χ2n) is 10.7. The Kier molecular flexibility index (Phi) is 7.26. The zero-order valence-corrected chi connectivity index (χ0v) is 24.2. The van der Waals surface area contributed by atoms with E-state index in [0.717, 1.165) is 42.2 Å². The van der Waals surface area contributed by atoms with Gasteiger partial charge in [0.2, 0.25) is 0 Å². The van der Waals surface area contributed by atoms with Crippen molar-refractivity contribution in [1.29, 1.82) is 5.26 Å². The lowest BCUT2D eigenvalue weighted by Crippen LogP contribution is -2.28. The van der Waals surface area contributed by atoms with E-state index in [9.17, 15) is 10.1 Å². The molecule has 4 nitrogen and oxygen atoms in total. The first-order valence-corrected chi connectivity index (χ1v) is 14.4. The Morgan fingerprint density at radius 2 is 2.00 bits per heavy atom. The minimum Gasteiger partial charge on any atom is -0.312 e. The van der Waals surface area contributed by atoms with Crippen LogP contribution in [0.2, 0.25) is 10.0 Å². The summed E-state index contributed by atoms with van der Waals surface area (Å²) in [4.78, 5) is 20.0. The number of carbonyl (C=O) groups excluding carboxylic acids is 1. The van der Waals surface area contributed by atoms with Gasteiger partial charge in [0, 0.05) is 20.8 Å². The number of amides is 1. The Hall–Kier alpha value is -2.91. The lowest BCUT2D eigenvalue weighted by molar-refractivity contribution is 0.102. The van der Waals surface area contributed by atoms with Crippen molar-refractivity contribution < 1.29 is 4.79 Å². The van der Waals surface area contributed by atoms with E-state index in [1.807, 2.05) is 37.3 Å². The Bertz CT molecular complexity index is 1620. The molecule has 2 aromatic carbocycles. The summed E-state index contributed by atoms with van der Waals surface area (Å²) in [5.74, 6) is 0.305. The molecule has 1 N–H and O–H groups in total. The van der Waals surface area contributed by atoms with Crippen molar-refractivity contribution in [3.8, 4) is 17.3 Å². The number of nitrogens with zero attached hydrogens (tertiary/aromatic N) is 2. The first-order valence-electron chi connectivity index (χ1n) is 12.8. The van der Waals surface area contributed by atoms with E-state index in [1.165, 1.54) is 4.88 Å². The summed E-state index contributed by atoms with van der Waals surface area (Å²) in [6.45, 7) is 8.78. The number of nitriles is 1. The van der Waals surface area contributed by atoms with Crippen molar-refractivity contribution in [3.63, 3.8) is 0 Å². The molecule has 2 aromatic heterocycles. The van der Waals surface area contributed by atoms with Crippen molar-refractivity contribution >= 4 is 56.3 Å². The Morgan fingerprint density at radius 3 is 2.71 bits per heavy atom. The normalized spacial score (nSPS) is 15.2. The van der Waals surface area contributed by atoms with Crippen LogP contribution in [0.15, 0.2) is 42.5 Å². The van der Waals surface area contributed by atoms with Crippen LogP contribution in [0.1, 0.15) is 65.5 Å². The lowest BCUT2D eigenvalue weighted by Gasteiger charge is -2.36. The van der Waals surface area contributed by atoms with Gasteiger partial charge in [-0.05, 0) is 72.9 Å². The van der Waals surface area contributed by atoms with Gasteiger partial charge >= 0.3 is 0 Å². The summed E-state index contributed by atoms with van der Waals surface area (Å²) in [7, 11) is 0. The number of rotatable bonds is 5. The van der Waals surface area contributed by atoms with Crippen LogP contribution in [0, 0.1) is 29.6 Å². The fraction of sp³-hybridized carbons (Fsp3) is 0.323. The van der Waals surface area contributed by atoms with Crippen LogP contribution in [0.5, 0.6) is 0 Å². The van der Waals surface area contributed by atoms with Gasteiger partial charge in [-0.25, -0.2) is 4.98 Å². The van der Waals surface area contributed by atoms with Crippen molar-refractivity contribution in [2.24, 2.45) is 11.3 Å². The summed E-state index contributed by atoms with van der Waals surface area (Å²) in [6.07, 6.45) is 3.99. The van der Waals surface area contributed by atoms with Crippen LogP contribution in [0.4, 0.5) is 5.00 Å². The molecule has 0 radical (unpaired) electrons. The number of aromatic nitrogens is 1. The third-order valence-electron chi connectivity index (χ3n) is 8.17. The molecule has 0 fully saturated rings. The van der Waals surface area contributed by atoms with Crippen molar-refractivity contribution in [1.82, 2.24) is 4.98 Å². The van der Waals surface area contributed by atoms with Gasteiger partial charge in [0.25, 0.3) is 5.91 Å². The van der Waals surface area contributed by atoms with Crippen LogP contribution in [0.25, 0.3) is 22.2 Å². The van der Waals surface area contributed by atoms with Crippen LogP contribution in [0.3, 0.4) is 0 Å². The van der Waals surface area contributed by atoms with Crippen molar-refractivity contribution in [2.75, 3.05) is 5.32 Å². The molecule has 0 saturated heterocycles. The molecule has 1 unspecified atom stereocenters. The van der Waals surface area contributed by atoms with Gasteiger partial charge in [0.05, 0.1) is 27.4 Å². The molecule has 4 aromatic rings. The van der Waals surface area contributed by atoms with E-state index < -0.39 is 0 Å². The van der Waals surface area contributed by atoms with E-state index in [2.05, 4.69) is 32.2 Å². The summed E-state index contributed by atoms with van der Waals surface area (Å²) in [5, 5.41) is 15.6. The average molecular weight is 563 g/mol. The number of hydrogen-bond donors (Lipinski definition) is 1. The molecule has 1 amide bonds. The fourth-order valence-corrected chi connectivity index (χ4v) is 7.23. The maximum Gasteiger partial charge on any atom is 0.257 e. The number of nitrogens with one attached hydrogen (secondary N) is 1. The maximum absolute atomic E-state index is 13.9. The molecule has 7 heteroatoms. The maximum atomic E-state index is 13.9. The van der Waals surface area contributed by atoms with Crippen LogP contribution < -0.4 is 5.32 Å². The predicted octanol–water partition coefficient (Wildman–Crippen LogP) is 9.24. The molecule has 1 atom stereocenters. The van der Waals surface area contributed by atoms with Gasteiger partial charge in [-0.3, -0.25) is 4.79 Å². The Morgan fingerprint density at radius 1 is 1.24 bits per heavy atom. The standard InChI is InChI=1S/C31H29Cl2N3OS/c1-5-31(3,4)18-10-12-20-23(16-34)30(38-26(20)14-18)36-29(37)27-17(2)28(21-13-11-19(32)15-24(21)33)35-25-9-7-6-8-22(25)27/h6-9,11,13,15,18H,5,10,12,14H2,1-4H3,(H,36,37). The number of fused-ring (bicyclic) bond motifs is 2. The highest BCUT2D eigenvalue weighted by molar-refractivity contribution is 7.16. The second kappa shape index (κ2) is 10.3. The SMILES string of the molecule is CCC(C)(C)C1CCc2c(sc(NC(=O)c3c(C)c(-c4ccc(Cl)cc4Cl)nc4ccccc34)c2C#N)C1. The van der Waals surface area contributed by atoms with Gasteiger partial charge < -0.3 is 5.32 Å². The zero-order chi connectivity index (χ0) is 27.2. The van der Waals surface area contributed by atoms with E-state index >= 15 is 0 Å². The first-order chi connectivity index (χ1) is 18.1. The Labute approximate surface area is 237 Å². The van der Waals surface area contributed by atoms with Gasteiger partial charge in [0.1, 0.15) is 11.1 Å². The highest BCUT2D eigenvalue weighted by Gasteiger charge is 2.34. The minimum atomic E-state index is -0.257. The van der Waals surface area contributed by atoms with E-state index in [0.29, 0.717) is 48.9 Å². The highest BCUT2D eigenvalue weighted by atomic mass is 35.5. The summed E-state index contributed by atoms with van der Waals surface area (Å²) >= 11 is 14.2. The van der Waals surface area contributed by atoms with Gasteiger partial charge in [0.15, 0.2) is 0 Å².